The SMILES string of the molecule is CN1C(=O)C(NC(=O)CNC(=O)C2Nc3ccccc3C2(C)C)c2ccccc2-c2ccccc21. The van der Waals surface area contributed by atoms with Crippen molar-refractivity contribution in [3.05, 3.63) is 83.9 Å². The smallest absolute Gasteiger partial charge is 0.253 e. The zero-order chi connectivity index (χ0) is 24.7. The first-order valence-electron chi connectivity index (χ1n) is 11.7. The fourth-order valence-corrected chi connectivity index (χ4v) is 5.11. The van der Waals surface area contributed by atoms with Gasteiger partial charge in [0.05, 0.1) is 12.2 Å². The van der Waals surface area contributed by atoms with Crippen molar-refractivity contribution < 1.29 is 14.4 Å². The number of likely N-dealkylation sites (N-methyl/N-ethyl adjacent to an activating group) is 1. The molecule has 0 saturated carbocycles. The second-order valence-corrected chi connectivity index (χ2v) is 9.56. The van der Waals surface area contributed by atoms with E-state index in [0.29, 0.717) is 0 Å². The third kappa shape index (κ3) is 3.83. The number of nitrogens with one attached hydrogen (secondary N) is 3. The number of benzene rings is 3. The molecule has 7 nitrogen and oxygen atoms in total. The van der Waals surface area contributed by atoms with Crippen LogP contribution in [0.25, 0.3) is 11.1 Å². The fourth-order valence-electron chi connectivity index (χ4n) is 5.11. The maximum Gasteiger partial charge on any atom is 0.253 e. The van der Waals surface area contributed by atoms with E-state index in [1.54, 1.807) is 11.9 Å². The van der Waals surface area contributed by atoms with Gasteiger partial charge in [0.1, 0.15) is 12.1 Å². The topological polar surface area (TPSA) is 90.5 Å². The Morgan fingerprint density at radius 2 is 1.60 bits per heavy atom. The lowest BCUT2D eigenvalue weighted by atomic mass is 9.80. The molecule has 2 heterocycles. The molecule has 0 spiro atoms. The zero-order valence-corrected chi connectivity index (χ0v) is 20.0. The average molecular weight is 469 g/mol. The summed E-state index contributed by atoms with van der Waals surface area (Å²) in [5, 5.41) is 8.87. The van der Waals surface area contributed by atoms with Gasteiger partial charge < -0.3 is 20.9 Å². The minimum atomic E-state index is -0.863. The summed E-state index contributed by atoms with van der Waals surface area (Å²) in [5.74, 6) is -0.936. The fraction of sp³-hybridized carbons (Fsp3) is 0.250. The van der Waals surface area contributed by atoms with Gasteiger partial charge in [-0.3, -0.25) is 14.4 Å². The Kier molecular flexibility index (Phi) is 5.55. The predicted octanol–water partition coefficient (Wildman–Crippen LogP) is 3.38. The number of nitrogens with zero attached hydrogens (tertiary/aromatic N) is 1. The molecule has 3 aromatic carbocycles. The van der Waals surface area contributed by atoms with E-state index >= 15 is 0 Å². The number of fused-ring (bicyclic) bond motifs is 4. The van der Waals surface area contributed by atoms with E-state index in [0.717, 1.165) is 33.6 Å². The predicted molar refractivity (Wildman–Crippen MR) is 136 cm³/mol. The van der Waals surface area contributed by atoms with Crippen LogP contribution in [0, 0.1) is 0 Å². The quantitative estimate of drug-likeness (QED) is 0.548. The van der Waals surface area contributed by atoms with E-state index in [1.165, 1.54) is 0 Å². The number of hydrogen-bond acceptors (Lipinski definition) is 4. The maximum absolute atomic E-state index is 13.4. The summed E-state index contributed by atoms with van der Waals surface area (Å²) in [6.45, 7) is 3.78. The lowest BCUT2D eigenvalue weighted by Crippen LogP contribution is -2.50. The van der Waals surface area contributed by atoms with Crippen LogP contribution in [0.3, 0.4) is 0 Å². The van der Waals surface area contributed by atoms with E-state index in [-0.39, 0.29) is 18.4 Å². The molecule has 2 aliphatic heterocycles. The van der Waals surface area contributed by atoms with Crippen LogP contribution in [-0.4, -0.2) is 37.4 Å². The van der Waals surface area contributed by atoms with Crippen LogP contribution in [0.5, 0.6) is 0 Å². The van der Waals surface area contributed by atoms with Gasteiger partial charge in [0.15, 0.2) is 0 Å². The molecule has 0 aromatic heterocycles. The third-order valence-electron chi connectivity index (χ3n) is 7.04. The van der Waals surface area contributed by atoms with Crippen LogP contribution in [-0.2, 0) is 19.8 Å². The Balaban J connectivity index is 1.32. The van der Waals surface area contributed by atoms with Crippen molar-refractivity contribution in [1.29, 1.82) is 0 Å². The summed E-state index contributed by atoms with van der Waals surface area (Å²) in [5.41, 5.74) is 4.88. The van der Waals surface area contributed by atoms with Gasteiger partial charge >= 0.3 is 0 Å². The monoisotopic (exact) mass is 468 g/mol. The molecule has 178 valence electrons. The van der Waals surface area contributed by atoms with Crippen molar-refractivity contribution in [3.8, 4) is 11.1 Å². The summed E-state index contributed by atoms with van der Waals surface area (Å²) < 4.78 is 0. The number of hydrogen-bond donors (Lipinski definition) is 3. The van der Waals surface area contributed by atoms with Crippen molar-refractivity contribution in [3.63, 3.8) is 0 Å². The minimum Gasteiger partial charge on any atom is -0.373 e. The third-order valence-corrected chi connectivity index (χ3v) is 7.04. The van der Waals surface area contributed by atoms with Gasteiger partial charge in [0, 0.05) is 23.7 Å². The molecule has 5 rings (SSSR count). The largest absolute Gasteiger partial charge is 0.373 e. The summed E-state index contributed by atoms with van der Waals surface area (Å²) in [4.78, 5) is 40.9. The first-order chi connectivity index (χ1) is 16.8. The van der Waals surface area contributed by atoms with Gasteiger partial charge in [0.2, 0.25) is 11.8 Å². The molecule has 2 aliphatic rings. The number of amides is 3. The number of carbonyl (C=O) groups is 3. The Morgan fingerprint density at radius 1 is 0.943 bits per heavy atom. The Labute approximate surface area is 204 Å². The summed E-state index contributed by atoms with van der Waals surface area (Å²) in [7, 11) is 1.71. The Bertz CT molecular complexity index is 1330. The van der Waals surface area contributed by atoms with Gasteiger partial charge in [0.25, 0.3) is 5.91 Å². The average Bonchev–Trinajstić information content (AvgIpc) is 3.11. The molecule has 0 radical (unpaired) electrons. The second-order valence-electron chi connectivity index (χ2n) is 9.56. The van der Waals surface area contributed by atoms with Crippen LogP contribution in [0.2, 0.25) is 0 Å². The molecule has 3 N–H and O–H groups in total. The molecule has 7 heteroatoms. The molecule has 0 saturated heterocycles. The second kappa shape index (κ2) is 8.58. The van der Waals surface area contributed by atoms with Crippen LogP contribution in [0.1, 0.15) is 31.0 Å². The lowest BCUT2D eigenvalue weighted by Gasteiger charge is -2.27. The molecule has 3 aromatic rings. The highest BCUT2D eigenvalue weighted by Gasteiger charge is 2.43. The summed E-state index contributed by atoms with van der Waals surface area (Å²) in [6, 6.07) is 21.7. The van der Waals surface area contributed by atoms with Crippen molar-refractivity contribution in [2.45, 2.75) is 31.3 Å². The maximum atomic E-state index is 13.4. The minimum absolute atomic E-state index is 0.230. The first kappa shape index (κ1) is 22.7. The van der Waals surface area contributed by atoms with Crippen LogP contribution in [0.4, 0.5) is 11.4 Å². The number of anilines is 2. The molecule has 2 unspecified atom stereocenters. The molecular formula is C28H28N4O3. The van der Waals surface area contributed by atoms with Gasteiger partial charge in [-0.25, -0.2) is 0 Å². The molecule has 3 amide bonds. The lowest BCUT2D eigenvalue weighted by molar-refractivity contribution is -0.129. The van der Waals surface area contributed by atoms with Crippen molar-refractivity contribution in [1.82, 2.24) is 10.6 Å². The molecular weight excluding hydrogens is 440 g/mol. The standard InChI is InChI=1S/C28H28N4O3/c1-28(2)20-13-7-8-14-21(20)30-25(28)26(34)29-16-23(33)31-24-19-12-5-4-10-17(19)18-11-6-9-15-22(18)32(3)27(24)35/h4-15,24-25,30H,16H2,1-3H3,(H,29,34)(H,31,33). The van der Waals surface area contributed by atoms with E-state index < -0.39 is 23.4 Å². The van der Waals surface area contributed by atoms with Gasteiger partial charge in [-0.05, 0) is 28.8 Å². The van der Waals surface area contributed by atoms with E-state index in [2.05, 4.69) is 16.0 Å². The summed E-state index contributed by atoms with van der Waals surface area (Å²) >= 11 is 0. The highest BCUT2D eigenvalue weighted by atomic mass is 16.2. The number of carbonyl (C=O) groups excluding carboxylic acids is 3. The van der Waals surface area contributed by atoms with Crippen molar-refractivity contribution in [2.75, 3.05) is 23.8 Å². The normalized spacial score (nSPS) is 19.5. The zero-order valence-electron chi connectivity index (χ0n) is 20.0. The van der Waals surface area contributed by atoms with Crippen molar-refractivity contribution >= 4 is 29.1 Å². The molecule has 0 fully saturated rings. The van der Waals surface area contributed by atoms with Crippen LogP contribution >= 0.6 is 0 Å². The highest BCUT2D eigenvalue weighted by molar-refractivity contribution is 6.06. The van der Waals surface area contributed by atoms with Gasteiger partial charge in [-0.15, -0.1) is 0 Å². The molecule has 2 atom stereocenters. The number of para-hydroxylation sites is 2. The van der Waals surface area contributed by atoms with Crippen LogP contribution in [0.15, 0.2) is 72.8 Å². The number of rotatable bonds is 4. The highest BCUT2D eigenvalue weighted by Crippen LogP contribution is 2.41. The summed E-state index contributed by atoms with van der Waals surface area (Å²) in [6.07, 6.45) is 0. The first-order valence-corrected chi connectivity index (χ1v) is 11.7. The molecule has 0 aliphatic carbocycles. The Hall–Kier alpha value is -4.13. The van der Waals surface area contributed by atoms with Gasteiger partial charge in [-0.2, -0.15) is 0 Å². The van der Waals surface area contributed by atoms with Crippen LogP contribution < -0.4 is 20.9 Å². The van der Waals surface area contributed by atoms with E-state index in [9.17, 15) is 14.4 Å². The van der Waals surface area contributed by atoms with Crippen molar-refractivity contribution in [2.24, 2.45) is 0 Å². The van der Waals surface area contributed by atoms with E-state index in [4.69, 9.17) is 0 Å². The van der Waals surface area contributed by atoms with Gasteiger partial charge in [-0.1, -0.05) is 74.5 Å². The Morgan fingerprint density at radius 3 is 2.37 bits per heavy atom. The molecule has 35 heavy (non-hydrogen) atoms. The molecule has 0 bridgehead atoms. The van der Waals surface area contributed by atoms with E-state index in [1.807, 2.05) is 86.6 Å².